The maximum atomic E-state index is 12.9. The van der Waals surface area contributed by atoms with E-state index in [4.69, 9.17) is 23.2 Å². The molecule has 0 fully saturated rings. The van der Waals surface area contributed by atoms with Gasteiger partial charge in [0.25, 0.3) is 5.56 Å². The number of hydrogen-bond acceptors (Lipinski definition) is 3. The lowest BCUT2D eigenvalue weighted by molar-refractivity contribution is 0.590. The van der Waals surface area contributed by atoms with Crippen molar-refractivity contribution in [2.75, 3.05) is 0 Å². The first-order valence-corrected chi connectivity index (χ1v) is 10.9. The van der Waals surface area contributed by atoms with Crippen LogP contribution in [0.25, 0.3) is 21.3 Å². The standard InChI is InChI=1S/C23H20Cl2N2OS/c1-23(2,3)15-7-4-13(5-8-15)17-12-29-22-20(17)21(28)26-19(27-22)10-14-6-9-16(24)11-18(14)25/h4-9,11-12H,10H2,1-3H3,(H,26,27,28). The number of rotatable bonds is 3. The number of hydrogen-bond donors (Lipinski definition) is 1. The molecule has 0 spiro atoms. The van der Waals surface area contributed by atoms with Gasteiger partial charge in [-0.3, -0.25) is 4.79 Å². The number of aromatic nitrogens is 2. The van der Waals surface area contributed by atoms with Crippen LogP contribution in [-0.2, 0) is 11.8 Å². The summed E-state index contributed by atoms with van der Waals surface area (Å²) in [5, 5.41) is 3.77. The van der Waals surface area contributed by atoms with Gasteiger partial charge in [-0.15, -0.1) is 11.3 Å². The summed E-state index contributed by atoms with van der Waals surface area (Å²) in [7, 11) is 0. The Kier molecular flexibility index (Phi) is 5.28. The molecule has 2 aromatic heterocycles. The number of nitrogens with zero attached hydrogens (tertiary/aromatic N) is 1. The third-order valence-corrected chi connectivity index (χ3v) is 6.39. The third kappa shape index (κ3) is 4.11. The van der Waals surface area contributed by atoms with Crippen LogP contribution in [0.4, 0.5) is 0 Å². The van der Waals surface area contributed by atoms with Crippen molar-refractivity contribution in [1.82, 2.24) is 9.97 Å². The monoisotopic (exact) mass is 442 g/mol. The van der Waals surface area contributed by atoms with Crippen LogP contribution in [0, 0.1) is 0 Å². The number of nitrogens with one attached hydrogen (secondary N) is 1. The van der Waals surface area contributed by atoms with E-state index in [9.17, 15) is 4.79 Å². The first-order chi connectivity index (χ1) is 13.7. The van der Waals surface area contributed by atoms with E-state index in [1.165, 1.54) is 16.9 Å². The molecule has 0 aliphatic heterocycles. The fourth-order valence-corrected chi connectivity index (χ4v) is 4.73. The first kappa shape index (κ1) is 20.1. The Labute approximate surface area is 183 Å². The minimum absolute atomic E-state index is 0.0894. The van der Waals surface area contributed by atoms with Crippen LogP contribution in [0.5, 0.6) is 0 Å². The quantitative estimate of drug-likeness (QED) is 0.377. The van der Waals surface area contributed by atoms with E-state index in [0.717, 1.165) is 21.5 Å². The lowest BCUT2D eigenvalue weighted by Crippen LogP contribution is -2.12. The molecule has 148 valence electrons. The van der Waals surface area contributed by atoms with E-state index < -0.39 is 0 Å². The highest BCUT2D eigenvalue weighted by Gasteiger charge is 2.16. The molecule has 1 N–H and O–H groups in total. The molecular formula is C23H20Cl2N2OS. The Morgan fingerprint density at radius 2 is 1.79 bits per heavy atom. The number of fused-ring (bicyclic) bond motifs is 1. The van der Waals surface area contributed by atoms with Crippen molar-refractivity contribution in [2.45, 2.75) is 32.6 Å². The molecule has 0 atom stereocenters. The van der Waals surface area contributed by atoms with Gasteiger partial charge in [-0.1, -0.05) is 74.3 Å². The molecule has 0 radical (unpaired) electrons. The summed E-state index contributed by atoms with van der Waals surface area (Å²) in [6.07, 6.45) is 0.439. The summed E-state index contributed by atoms with van der Waals surface area (Å²) >= 11 is 13.7. The molecule has 4 aromatic rings. The molecule has 29 heavy (non-hydrogen) atoms. The third-order valence-electron chi connectivity index (χ3n) is 4.93. The van der Waals surface area contributed by atoms with Gasteiger partial charge in [-0.2, -0.15) is 0 Å². The van der Waals surface area contributed by atoms with Crippen LogP contribution in [0.3, 0.4) is 0 Å². The maximum Gasteiger partial charge on any atom is 0.260 e. The molecule has 6 heteroatoms. The van der Waals surface area contributed by atoms with Crippen LogP contribution >= 0.6 is 34.5 Å². The van der Waals surface area contributed by atoms with Gasteiger partial charge in [0.05, 0.1) is 5.39 Å². The summed E-state index contributed by atoms with van der Waals surface area (Å²) in [5.74, 6) is 0.586. The number of H-pyrrole nitrogens is 1. The van der Waals surface area contributed by atoms with Crippen molar-refractivity contribution in [3.8, 4) is 11.1 Å². The zero-order valence-corrected chi connectivity index (χ0v) is 18.7. The van der Waals surface area contributed by atoms with Crippen molar-refractivity contribution in [2.24, 2.45) is 0 Å². The normalized spacial score (nSPS) is 11.9. The van der Waals surface area contributed by atoms with E-state index in [0.29, 0.717) is 27.7 Å². The van der Waals surface area contributed by atoms with Crippen molar-refractivity contribution in [3.05, 3.63) is 85.2 Å². The Bertz CT molecular complexity index is 1250. The predicted octanol–water partition coefficient (Wildman–Crippen LogP) is 6.85. The number of benzene rings is 2. The largest absolute Gasteiger partial charge is 0.310 e. The average molecular weight is 443 g/mol. The molecule has 2 heterocycles. The molecule has 0 aliphatic rings. The van der Waals surface area contributed by atoms with Crippen LogP contribution in [-0.4, -0.2) is 9.97 Å². The second-order valence-corrected chi connectivity index (χ2v) is 9.78. The molecule has 3 nitrogen and oxygen atoms in total. The van der Waals surface area contributed by atoms with E-state index in [2.05, 4.69) is 55.0 Å². The van der Waals surface area contributed by atoms with Gasteiger partial charge in [0, 0.05) is 27.4 Å². The van der Waals surface area contributed by atoms with Gasteiger partial charge in [-0.25, -0.2) is 4.98 Å². The smallest absolute Gasteiger partial charge is 0.260 e. The fourth-order valence-electron chi connectivity index (χ4n) is 3.28. The Morgan fingerprint density at radius 1 is 1.07 bits per heavy atom. The van der Waals surface area contributed by atoms with Gasteiger partial charge in [0.15, 0.2) is 0 Å². The second-order valence-electron chi connectivity index (χ2n) is 8.08. The lowest BCUT2D eigenvalue weighted by atomic mass is 9.86. The molecule has 0 aliphatic carbocycles. The summed E-state index contributed by atoms with van der Waals surface area (Å²) in [6, 6.07) is 13.7. The minimum atomic E-state index is -0.133. The van der Waals surface area contributed by atoms with Crippen molar-refractivity contribution >= 4 is 44.8 Å². The van der Waals surface area contributed by atoms with Gasteiger partial charge >= 0.3 is 0 Å². The van der Waals surface area contributed by atoms with E-state index in [-0.39, 0.29) is 11.0 Å². The molecule has 2 aromatic carbocycles. The highest BCUT2D eigenvalue weighted by atomic mass is 35.5. The van der Waals surface area contributed by atoms with E-state index in [1.807, 2.05) is 11.4 Å². The van der Waals surface area contributed by atoms with E-state index in [1.54, 1.807) is 12.1 Å². The van der Waals surface area contributed by atoms with Crippen LogP contribution in [0.15, 0.2) is 52.6 Å². The minimum Gasteiger partial charge on any atom is -0.310 e. The summed E-state index contributed by atoms with van der Waals surface area (Å²) < 4.78 is 0. The van der Waals surface area contributed by atoms with E-state index >= 15 is 0 Å². The van der Waals surface area contributed by atoms with Crippen molar-refractivity contribution in [3.63, 3.8) is 0 Å². The highest BCUT2D eigenvalue weighted by Crippen LogP contribution is 2.33. The van der Waals surface area contributed by atoms with Gasteiger partial charge in [0.2, 0.25) is 0 Å². The predicted molar refractivity (Wildman–Crippen MR) is 124 cm³/mol. The molecular weight excluding hydrogens is 423 g/mol. The topological polar surface area (TPSA) is 45.8 Å². The first-order valence-electron chi connectivity index (χ1n) is 9.27. The molecule has 0 saturated heterocycles. The summed E-state index contributed by atoms with van der Waals surface area (Å²) in [6.45, 7) is 6.56. The molecule has 0 amide bonds. The van der Waals surface area contributed by atoms with Crippen molar-refractivity contribution in [1.29, 1.82) is 0 Å². The Balaban J connectivity index is 1.72. The Morgan fingerprint density at radius 3 is 2.45 bits per heavy atom. The lowest BCUT2D eigenvalue weighted by Gasteiger charge is -2.19. The van der Waals surface area contributed by atoms with Crippen LogP contribution in [0.2, 0.25) is 10.0 Å². The van der Waals surface area contributed by atoms with Gasteiger partial charge in [0.1, 0.15) is 10.7 Å². The zero-order chi connectivity index (χ0) is 20.8. The molecule has 0 saturated carbocycles. The average Bonchev–Trinajstić information content (AvgIpc) is 3.08. The van der Waals surface area contributed by atoms with Gasteiger partial charge in [-0.05, 0) is 34.2 Å². The maximum absolute atomic E-state index is 12.9. The number of halogens is 2. The molecule has 0 unspecified atom stereocenters. The SMILES string of the molecule is CC(C)(C)c1ccc(-c2csc3nc(Cc4ccc(Cl)cc4Cl)[nH]c(=O)c23)cc1. The van der Waals surface area contributed by atoms with Crippen LogP contribution < -0.4 is 5.56 Å². The van der Waals surface area contributed by atoms with Gasteiger partial charge < -0.3 is 4.98 Å². The van der Waals surface area contributed by atoms with Crippen LogP contribution in [0.1, 0.15) is 37.7 Å². The molecule has 0 bridgehead atoms. The summed E-state index contributed by atoms with van der Waals surface area (Å²) in [5.41, 5.74) is 4.01. The fraction of sp³-hybridized carbons (Fsp3) is 0.217. The number of thiophene rings is 1. The second kappa shape index (κ2) is 7.60. The highest BCUT2D eigenvalue weighted by molar-refractivity contribution is 7.17. The Hall–Kier alpha value is -2.14. The zero-order valence-electron chi connectivity index (χ0n) is 16.3. The van der Waals surface area contributed by atoms with Crippen molar-refractivity contribution < 1.29 is 0 Å². The summed E-state index contributed by atoms with van der Waals surface area (Å²) in [4.78, 5) is 21.2. The number of aromatic amines is 1. The molecule has 4 rings (SSSR count).